The first kappa shape index (κ1) is 44.2. The Labute approximate surface area is 356 Å². The molecule has 1 aliphatic carbocycles. The molecule has 0 unspecified atom stereocenters. The van der Waals surface area contributed by atoms with Crippen LogP contribution in [0.5, 0.6) is 0 Å². The molecular formula is C47H42F5N3O5S2. The second-order valence-electron chi connectivity index (χ2n) is 15.3. The van der Waals surface area contributed by atoms with Gasteiger partial charge in [-0.3, -0.25) is 0 Å². The highest BCUT2D eigenvalue weighted by molar-refractivity contribution is 8.04. The molecule has 0 fully saturated rings. The molecule has 0 atom stereocenters. The Morgan fingerprint density at radius 1 is 0.629 bits per heavy atom. The summed E-state index contributed by atoms with van der Waals surface area (Å²) in [6.45, 7) is 12.4. The number of fused-ring (bicyclic) bond motifs is 2. The molecule has 2 aliphatic rings. The summed E-state index contributed by atoms with van der Waals surface area (Å²) in [6, 6.07) is 27.7. The first-order valence-corrected chi connectivity index (χ1v) is 22.8. The fourth-order valence-corrected chi connectivity index (χ4v) is 10.8. The Kier molecular flexibility index (Phi) is 12.2. The Bertz CT molecular complexity index is 3090. The summed E-state index contributed by atoms with van der Waals surface area (Å²) in [5, 5.41) is 4.45. The predicted octanol–water partition coefficient (Wildman–Crippen LogP) is 11.9. The number of halogens is 5. The number of rotatable bonds is 12. The lowest BCUT2D eigenvalue weighted by atomic mass is 9.92. The molecule has 0 radical (unpaired) electrons. The van der Waals surface area contributed by atoms with Gasteiger partial charge in [0.2, 0.25) is 5.82 Å². The van der Waals surface area contributed by atoms with Crippen LogP contribution in [0, 0.1) is 29.1 Å². The van der Waals surface area contributed by atoms with Gasteiger partial charge in [0.1, 0.15) is 11.3 Å². The molecule has 0 saturated heterocycles. The summed E-state index contributed by atoms with van der Waals surface area (Å²) >= 11 is 0. The fraction of sp³-hybridized carbons (Fsp3) is 0.213. The normalized spacial score (nSPS) is 12.6. The Balaban J connectivity index is 1.47. The molecule has 1 heterocycles. The molecule has 0 bridgehead atoms. The number of nitrogens with zero attached hydrogens (tertiary/aromatic N) is 1. The highest BCUT2D eigenvalue weighted by Crippen LogP contribution is 2.44. The molecule has 62 heavy (non-hydrogen) atoms. The van der Waals surface area contributed by atoms with Crippen LogP contribution >= 0.6 is 0 Å². The maximum Gasteiger partial charge on any atom is 0.259 e. The van der Waals surface area contributed by atoms with Gasteiger partial charge in [-0.05, 0) is 77.3 Å². The topological polar surface area (TPSA) is 118 Å². The largest absolute Gasteiger partial charge is 0.456 e. The third-order valence-electron chi connectivity index (χ3n) is 10.7. The number of benzene rings is 6. The third-order valence-corrected chi connectivity index (χ3v) is 14.2. The lowest BCUT2D eigenvalue weighted by Gasteiger charge is -2.20. The first-order chi connectivity index (χ1) is 29.4. The molecule has 15 heteroatoms. The molecule has 8 nitrogen and oxygen atoms in total. The van der Waals surface area contributed by atoms with Crippen molar-refractivity contribution in [3.63, 3.8) is 0 Å². The predicted molar refractivity (Wildman–Crippen MR) is 230 cm³/mol. The molecule has 5 aromatic rings. The maximum absolute atomic E-state index is 14.8. The van der Waals surface area contributed by atoms with E-state index in [0.717, 1.165) is 52.5 Å². The van der Waals surface area contributed by atoms with Gasteiger partial charge in [-0.1, -0.05) is 96.1 Å². The van der Waals surface area contributed by atoms with Crippen molar-refractivity contribution in [2.24, 2.45) is 4.99 Å². The van der Waals surface area contributed by atoms with Gasteiger partial charge in [0.05, 0.1) is 15.9 Å². The van der Waals surface area contributed by atoms with Gasteiger partial charge >= 0.3 is 0 Å². The van der Waals surface area contributed by atoms with Crippen molar-refractivity contribution in [1.29, 1.82) is 0 Å². The molecule has 0 spiro atoms. The van der Waals surface area contributed by atoms with E-state index in [4.69, 9.17) is 9.41 Å². The number of hydrogen-bond donors (Lipinski definition) is 2. The zero-order valence-electron chi connectivity index (χ0n) is 34.5. The van der Waals surface area contributed by atoms with Crippen LogP contribution in [-0.4, -0.2) is 16.8 Å². The van der Waals surface area contributed by atoms with Gasteiger partial charge in [0.25, 0.3) is 20.0 Å². The highest BCUT2D eigenvalue weighted by Gasteiger charge is 2.37. The average Bonchev–Trinajstić information content (AvgIpc) is 3.23. The van der Waals surface area contributed by atoms with Crippen molar-refractivity contribution in [3.8, 4) is 22.5 Å². The van der Waals surface area contributed by atoms with Gasteiger partial charge in [-0.15, -0.1) is 4.13 Å². The lowest BCUT2D eigenvalue weighted by molar-refractivity contribution is 0.357. The number of hydrogen-bond acceptors (Lipinski definition) is 7. The van der Waals surface area contributed by atoms with E-state index in [9.17, 15) is 38.8 Å². The quantitative estimate of drug-likeness (QED) is 0.0546. The lowest BCUT2D eigenvalue weighted by Crippen LogP contribution is -2.33. The van der Waals surface area contributed by atoms with Gasteiger partial charge in [-0.2, -0.15) is 0 Å². The highest BCUT2D eigenvalue weighted by atomic mass is 32.3. The summed E-state index contributed by atoms with van der Waals surface area (Å²) in [5.41, 5.74) is 7.50. The summed E-state index contributed by atoms with van der Waals surface area (Å²) in [4.78, 5) is 2.07. The van der Waals surface area contributed by atoms with Crippen LogP contribution in [0.3, 0.4) is 0 Å². The van der Waals surface area contributed by atoms with E-state index >= 15 is 0 Å². The number of sulfonamides is 2. The van der Waals surface area contributed by atoms with Crippen LogP contribution in [0.4, 0.5) is 39.0 Å². The van der Waals surface area contributed by atoms with Gasteiger partial charge < -0.3 is 9.73 Å². The summed E-state index contributed by atoms with van der Waals surface area (Å²) in [5.74, 6) is -12.6. The molecule has 0 aromatic heterocycles. The zero-order chi connectivity index (χ0) is 44.8. The Morgan fingerprint density at radius 2 is 1.21 bits per heavy atom. The minimum absolute atomic E-state index is 0.0688. The van der Waals surface area contributed by atoms with Crippen LogP contribution in [-0.2, 0) is 32.9 Å². The number of nitrogens with one attached hydrogen (secondary N) is 2. The van der Waals surface area contributed by atoms with Crippen LogP contribution in [0.2, 0.25) is 0 Å². The fourth-order valence-electron chi connectivity index (χ4n) is 7.59. The Morgan fingerprint density at radius 3 is 1.81 bits per heavy atom. The van der Waals surface area contributed by atoms with Crippen molar-refractivity contribution < 1.29 is 43.2 Å². The Hall–Kier alpha value is -5.90. The van der Waals surface area contributed by atoms with Crippen LogP contribution in [0.15, 0.2) is 116 Å². The van der Waals surface area contributed by atoms with E-state index < -0.39 is 58.9 Å². The van der Waals surface area contributed by atoms with Gasteiger partial charge in [0.15, 0.2) is 28.2 Å². The summed E-state index contributed by atoms with van der Waals surface area (Å²) < 4.78 is 134. The number of aryl methyl sites for hydroxylation is 2. The molecule has 1 aliphatic heterocycles. The molecule has 0 saturated carbocycles. The molecule has 0 amide bonds. The maximum atomic E-state index is 14.8. The van der Waals surface area contributed by atoms with E-state index in [2.05, 4.69) is 46.9 Å². The van der Waals surface area contributed by atoms with Gasteiger partial charge in [0, 0.05) is 45.6 Å². The van der Waals surface area contributed by atoms with E-state index in [0.29, 0.717) is 27.6 Å². The zero-order valence-corrected chi connectivity index (χ0v) is 36.1. The molecule has 5 aromatic carbocycles. The van der Waals surface area contributed by atoms with E-state index in [-0.39, 0.29) is 28.7 Å². The molecule has 2 N–H and O–H groups in total. The third kappa shape index (κ3) is 8.12. The SMILES string of the molecule is CCc1cccc(CC)c1Nc1ccc2c(-c3ccccc3S(=O)(=O)NS(=O)(=O)c3c(F)c(F)c(F)c(F)c3F)c3cc/c(=N\c4c(C(C)C)cccc4C(C)C)cc-3oc2c1. The van der Waals surface area contributed by atoms with Crippen LogP contribution in [0.1, 0.15) is 75.6 Å². The molecule has 322 valence electrons. The van der Waals surface area contributed by atoms with Crippen molar-refractivity contribution in [2.75, 3.05) is 5.32 Å². The minimum atomic E-state index is -5.95. The van der Waals surface area contributed by atoms with Crippen molar-refractivity contribution in [1.82, 2.24) is 4.13 Å². The van der Waals surface area contributed by atoms with E-state index in [1.54, 1.807) is 36.4 Å². The number of anilines is 2. The number of para-hydroxylation sites is 2. The van der Waals surface area contributed by atoms with Crippen molar-refractivity contribution in [2.45, 2.75) is 76.0 Å². The van der Waals surface area contributed by atoms with Gasteiger partial charge in [-0.25, -0.2) is 43.8 Å². The van der Waals surface area contributed by atoms with Crippen LogP contribution < -0.4 is 14.8 Å². The smallest absolute Gasteiger partial charge is 0.259 e. The standard InChI is InChI=1S/C47H42F5N3O5S2/c1-7-27-13-11-14-28(8-2)45(27)53-29-19-21-33-36(23-29)60-37-24-30(54-46-31(25(3)4)16-12-17-32(46)26(5)6)20-22-34(37)39(33)35-15-9-10-18-38(35)61(56,57)55-62(58,59)47-43(51)41(49)40(48)42(50)44(47)52/h9-26,53,55H,7-8H2,1-6H3/b54-30+. The minimum Gasteiger partial charge on any atom is -0.456 e. The first-order valence-electron chi connectivity index (χ1n) is 19.8. The monoisotopic (exact) mass is 887 g/mol. The van der Waals surface area contributed by atoms with E-state index in [1.807, 2.05) is 36.4 Å². The second kappa shape index (κ2) is 17.1. The van der Waals surface area contributed by atoms with Crippen molar-refractivity contribution in [3.05, 3.63) is 154 Å². The average molecular weight is 888 g/mol. The summed E-state index contributed by atoms with van der Waals surface area (Å²) in [6.07, 6.45) is 1.51. The van der Waals surface area contributed by atoms with Crippen molar-refractivity contribution >= 4 is 48.1 Å². The molecular weight excluding hydrogens is 846 g/mol. The molecule has 7 rings (SSSR count). The summed E-state index contributed by atoms with van der Waals surface area (Å²) in [7, 11) is -11.3. The second-order valence-corrected chi connectivity index (χ2v) is 18.9. The van der Waals surface area contributed by atoms with Crippen LogP contribution in [0.25, 0.3) is 33.4 Å². The van der Waals surface area contributed by atoms with E-state index in [1.165, 1.54) is 22.3 Å².